The zero-order valence-electron chi connectivity index (χ0n) is 25.5. The second-order valence-corrected chi connectivity index (χ2v) is 11.9. The lowest BCUT2D eigenvalue weighted by atomic mass is 10.0. The van der Waals surface area contributed by atoms with Crippen LogP contribution in [0.2, 0.25) is 0 Å². The Morgan fingerprint density at radius 3 is 0.639 bits per heavy atom. The van der Waals surface area contributed by atoms with Gasteiger partial charge in [0, 0.05) is 12.8 Å². The summed E-state index contributed by atoms with van der Waals surface area (Å²) in [5.41, 5.74) is 0. The highest BCUT2D eigenvalue weighted by atomic mass is 16.1. The quantitative estimate of drug-likeness (QED) is 0.0829. The lowest BCUT2D eigenvalue weighted by Crippen LogP contribution is -1.97. The maximum absolute atomic E-state index is 11.9. The Hall–Kier alpha value is -0.330. The maximum Gasteiger partial charge on any atom is 0.132 e. The van der Waals surface area contributed by atoms with Crippen molar-refractivity contribution in [3.8, 4) is 0 Å². The van der Waals surface area contributed by atoms with Crippen LogP contribution in [0.25, 0.3) is 0 Å². The third-order valence-electron chi connectivity index (χ3n) is 8.12. The Morgan fingerprint density at radius 1 is 0.278 bits per heavy atom. The van der Waals surface area contributed by atoms with Crippen LogP contribution in [-0.4, -0.2) is 5.78 Å². The van der Waals surface area contributed by atoms with Crippen molar-refractivity contribution in [1.29, 1.82) is 0 Å². The summed E-state index contributed by atoms with van der Waals surface area (Å²) in [5.74, 6) is 0.514. The first-order valence-electron chi connectivity index (χ1n) is 17.3. The van der Waals surface area contributed by atoms with Gasteiger partial charge in [-0.25, -0.2) is 0 Å². The third kappa shape index (κ3) is 31.7. The molecule has 0 radical (unpaired) electrons. The molecule has 36 heavy (non-hydrogen) atoms. The molecule has 0 spiro atoms. The molecule has 0 aromatic carbocycles. The van der Waals surface area contributed by atoms with E-state index in [4.69, 9.17) is 0 Å². The van der Waals surface area contributed by atoms with Crippen LogP contribution >= 0.6 is 0 Å². The molecular formula is C35H70O. The number of ketones is 1. The van der Waals surface area contributed by atoms with Gasteiger partial charge in [0.15, 0.2) is 0 Å². The number of carbonyl (C=O) groups excluding carboxylic acids is 1. The minimum absolute atomic E-state index is 0.514. The van der Waals surface area contributed by atoms with Gasteiger partial charge in [0.1, 0.15) is 5.78 Å². The van der Waals surface area contributed by atoms with E-state index in [1.807, 2.05) is 0 Å². The van der Waals surface area contributed by atoms with Gasteiger partial charge in [-0.2, -0.15) is 0 Å². The predicted octanol–water partition coefficient (Wildman–Crippen LogP) is 13.1. The monoisotopic (exact) mass is 507 g/mol. The Balaban J connectivity index is 3.08. The molecule has 0 N–H and O–H groups in total. The maximum atomic E-state index is 11.9. The largest absolute Gasteiger partial charge is 0.300 e. The first-order chi connectivity index (χ1) is 17.8. The number of hydrogen-bond acceptors (Lipinski definition) is 1. The average molecular weight is 507 g/mol. The highest BCUT2D eigenvalue weighted by Gasteiger charge is 2.02. The second kappa shape index (κ2) is 32.7. The minimum Gasteiger partial charge on any atom is -0.300 e. The summed E-state index contributed by atoms with van der Waals surface area (Å²) < 4.78 is 0. The second-order valence-electron chi connectivity index (χ2n) is 11.9. The van der Waals surface area contributed by atoms with E-state index in [2.05, 4.69) is 13.8 Å². The third-order valence-corrected chi connectivity index (χ3v) is 8.12. The fourth-order valence-corrected chi connectivity index (χ4v) is 5.51. The van der Waals surface area contributed by atoms with Crippen molar-refractivity contribution in [3.05, 3.63) is 0 Å². The van der Waals surface area contributed by atoms with Crippen molar-refractivity contribution in [2.45, 2.75) is 219 Å². The summed E-state index contributed by atoms with van der Waals surface area (Å²) >= 11 is 0. The molecular weight excluding hydrogens is 436 g/mol. The Kier molecular flexibility index (Phi) is 32.4. The summed E-state index contributed by atoms with van der Waals surface area (Å²) in [6, 6.07) is 0. The first kappa shape index (κ1) is 35.7. The van der Waals surface area contributed by atoms with Crippen LogP contribution in [0.3, 0.4) is 0 Å². The molecule has 0 aliphatic heterocycles. The van der Waals surface area contributed by atoms with Gasteiger partial charge < -0.3 is 0 Å². The van der Waals surface area contributed by atoms with E-state index in [-0.39, 0.29) is 0 Å². The van der Waals surface area contributed by atoms with Crippen LogP contribution in [0, 0.1) is 0 Å². The van der Waals surface area contributed by atoms with Crippen LogP contribution in [0.1, 0.15) is 219 Å². The molecule has 0 aromatic rings. The van der Waals surface area contributed by atoms with Crippen molar-refractivity contribution < 1.29 is 4.79 Å². The van der Waals surface area contributed by atoms with E-state index < -0.39 is 0 Å². The van der Waals surface area contributed by atoms with E-state index in [1.165, 1.54) is 180 Å². The van der Waals surface area contributed by atoms with Crippen molar-refractivity contribution in [2.75, 3.05) is 0 Å². The van der Waals surface area contributed by atoms with Crippen LogP contribution in [0.15, 0.2) is 0 Å². The standard InChI is InChI=1S/C35H70O/c1-3-5-7-9-10-11-12-13-14-15-16-17-18-19-20-21-22-23-24-25-26-27-28-30-32-34-35(36)33-31-29-8-6-4-2/h3-34H2,1-2H3. The van der Waals surface area contributed by atoms with Crippen molar-refractivity contribution in [3.63, 3.8) is 0 Å². The van der Waals surface area contributed by atoms with Crippen molar-refractivity contribution in [2.24, 2.45) is 0 Å². The molecule has 0 aliphatic rings. The lowest BCUT2D eigenvalue weighted by molar-refractivity contribution is -0.119. The van der Waals surface area contributed by atoms with Crippen molar-refractivity contribution >= 4 is 5.78 Å². The zero-order valence-corrected chi connectivity index (χ0v) is 25.5. The molecule has 0 aromatic heterocycles. The Bertz CT molecular complexity index is 401. The van der Waals surface area contributed by atoms with Crippen molar-refractivity contribution in [1.82, 2.24) is 0 Å². The topological polar surface area (TPSA) is 17.1 Å². The van der Waals surface area contributed by atoms with Gasteiger partial charge in [-0.3, -0.25) is 4.79 Å². The summed E-state index contributed by atoms with van der Waals surface area (Å²) in [6.07, 6.45) is 43.7. The van der Waals surface area contributed by atoms with Gasteiger partial charge in [0.2, 0.25) is 0 Å². The molecule has 0 unspecified atom stereocenters. The van der Waals surface area contributed by atoms with E-state index in [0.29, 0.717) is 5.78 Å². The molecule has 1 heteroatoms. The van der Waals surface area contributed by atoms with Gasteiger partial charge in [-0.1, -0.05) is 194 Å². The molecule has 0 rings (SSSR count). The molecule has 0 saturated carbocycles. The lowest BCUT2D eigenvalue weighted by Gasteiger charge is -2.04. The fraction of sp³-hybridized carbons (Fsp3) is 0.971. The Morgan fingerprint density at radius 2 is 0.444 bits per heavy atom. The number of unbranched alkanes of at least 4 members (excludes halogenated alkanes) is 28. The SMILES string of the molecule is CCCCCCCCCCCCCCCCCCCCCCCCCCCC(=O)CCCCCCC. The van der Waals surface area contributed by atoms with Crippen LogP contribution in [0.5, 0.6) is 0 Å². The number of carbonyl (C=O) groups is 1. The van der Waals surface area contributed by atoms with Gasteiger partial charge in [0.25, 0.3) is 0 Å². The van der Waals surface area contributed by atoms with Gasteiger partial charge in [-0.05, 0) is 12.8 Å². The van der Waals surface area contributed by atoms with Crippen LogP contribution < -0.4 is 0 Å². The first-order valence-corrected chi connectivity index (χ1v) is 17.3. The minimum atomic E-state index is 0.514. The molecule has 0 fully saturated rings. The van der Waals surface area contributed by atoms with Gasteiger partial charge in [0.05, 0.1) is 0 Å². The highest BCUT2D eigenvalue weighted by molar-refractivity contribution is 5.78. The summed E-state index contributed by atoms with van der Waals surface area (Å²) in [6.45, 7) is 4.55. The normalized spacial score (nSPS) is 11.4. The molecule has 0 bridgehead atoms. The Labute approximate surface area is 229 Å². The smallest absolute Gasteiger partial charge is 0.132 e. The molecule has 0 heterocycles. The number of Topliss-reactive ketones (excluding diaryl/α,β-unsaturated/α-hetero) is 1. The summed E-state index contributed by atoms with van der Waals surface area (Å²) in [5, 5.41) is 0. The molecule has 0 aliphatic carbocycles. The molecule has 216 valence electrons. The van der Waals surface area contributed by atoms with Crippen LogP contribution in [-0.2, 0) is 4.79 Å². The van der Waals surface area contributed by atoms with Crippen LogP contribution in [0.4, 0.5) is 0 Å². The van der Waals surface area contributed by atoms with Gasteiger partial charge in [-0.15, -0.1) is 0 Å². The molecule has 1 nitrogen and oxygen atoms in total. The predicted molar refractivity (Wildman–Crippen MR) is 164 cm³/mol. The number of hydrogen-bond donors (Lipinski definition) is 0. The number of rotatable bonds is 32. The highest BCUT2D eigenvalue weighted by Crippen LogP contribution is 2.16. The molecule has 0 atom stereocenters. The van der Waals surface area contributed by atoms with E-state index in [9.17, 15) is 4.79 Å². The average Bonchev–Trinajstić information content (AvgIpc) is 2.88. The van der Waals surface area contributed by atoms with E-state index >= 15 is 0 Å². The summed E-state index contributed by atoms with van der Waals surface area (Å²) in [7, 11) is 0. The van der Waals surface area contributed by atoms with E-state index in [0.717, 1.165) is 25.7 Å². The van der Waals surface area contributed by atoms with E-state index in [1.54, 1.807) is 0 Å². The molecule has 0 saturated heterocycles. The molecule has 0 amide bonds. The zero-order chi connectivity index (χ0) is 26.2. The van der Waals surface area contributed by atoms with Gasteiger partial charge >= 0.3 is 0 Å². The summed E-state index contributed by atoms with van der Waals surface area (Å²) in [4.78, 5) is 11.9. The fourth-order valence-electron chi connectivity index (χ4n) is 5.51.